The Labute approximate surface area is 212 Å². The number of aryl methyl sites for hydroxylation is 1. The molecule has 192 valence electrons. The Kier molecular flexibility index (Phi) is 9.04. The van der Waals surface area contributed by atoms with Gasteiger partial charge >= 0.3 is 0 Å². The molecule has 0 fully saturated rings. The molecule has 0 bridgehead atoms. The third-order valence-electron chi connectivity index (χ3n) is 6.49. The molecule has 3 N–H and O–H groups in total. The molecule has 3 atom stereocenters. The molecule has 36 heavy (non-hydrogen) atoms. The number of aliphatic hydroxyl groups is 1. The van der Waals surface area contributed by atoms with Crippen LogP contribution in [0.15, 0.2) is 72.1 Å². The molecule has 3 rings (SSSR count). The maximum absolute atomic E-state index is 14.8. The van der Waals surface area contributed by atoms with E-state index in [0.29, 0.717) is 29.1 Å². The van der Waals surface area contributed by atoms with Crippen molar-refractivity contribution in [3.63, 3.8) is 0 Å². The molecule has 2 aromatic carbocycles. The number of nitrogens with zero attached hydrogens (tertiary/aromatic N) is 2. The predicted molar refractivity (Wildman–Crippen MR) is 141 cm³/mol. The van der Waals surface area contributed by atoms with Crippen LogP contribution in [-0.2, 0) is 0 Å². The molecule has 1 aliphatic heterocycles. The summed E-state index contributed by atoms with van der Waals surface area (Å²) in [6, 6.07) is 9.20. The van der Waals surface area contributed by atoms with Gasteiger partial charge in [-0.25, -0.2) is 13.8 Å². The number of ether oxygens (including phenoxy) is 1. The summed E-state index contributed by atoms with van der Waals surface area (Å²) in [5.74, 6) is -0.0887. The summed E-state index contributed by atoms with van der Waals surface area (Å²) in [6.07, 6.45) is 6.14. The van der Waals surface area contributed by atoms with Crippen LogP contribution >= 0.6 is 0 Å². The molecule has 5 nitrogen and oxygen atoms in total. The van der Waals surface area contributed by atoms with Gasteiger partial charge in [-0.3, -0.25) is 0 Å². The van der Waals surface area contributed by atoms with Crippen LogP contribution in [0, 0.1) is 30.4 Å². The number of hydrogen-bond donors (Lipinski definition) is 2. The Bertz CT molecular complexity index is 1170. The first-order valence-corrected chi connectivity index (χ1v) is 12.2. The molecule has 0 saturated carbocycles. The molecule has 1 heterocycles. The summed E-state index contributed by atoms with van der Waals surface area (Å²) in [5, 5.41) is 16.6. The standard InChI is InChI=1S/C29H35F2N3O2/c1-6-18(2)29(32)33-34-13-11-23(16-21(34)5)24-15-20(4)27(31)26(17-24)36-14-12-19(3)28(35)22-7-9-25(30)10-8-22/h7-11,13,15-19,28,35H,5-6,12,14H2,1-4H3,(H2,32,33). The van der Waals surface area contributed by atoms with Crippen molar-refractivity contribution in [3.8, 4) is 5.75 Å². The SMILES string of the molecule is C=C1C=C(c2cc(C)c(F)c(OCCC(C)C(O)c3ccc(F)cc3)c2)C=CN1/N=C(/N)C(C)CC. The first-order valence-electron chi connectivity index (χ1n) is 12.2. The van der Waals surface area contributed by atoms with Gasteiger partial charge in [0, 0.05) is 12.1 Å². The van der Waals surface area contributed by atoms with Crippen LogP contribution in [0.2, 0.25) is 0 Å². The minimum absolute atomic E-state index is 0.148. The maximum Gasteiger partial charge on any atom is 0.168 e. The number of rotatable bonds is 10. The number of benzene rings is 2. The average molecular weight is 496 g/mol. The van der Waals surface area contributed by atoms with Gasteiger partial charge in [-0.15, -0.1) is 0 Å². The zero-order valence-electron chi connectivity index (χ0n) is 21.3. The highest BCUT2D eigenvalue weighted by molar-refractivity contribution is 5.83. The van der Waals surface area contributed by atoms with Gasteiger partial charge in [0.25, 0.3) is 0 Å². The van der Waals surface area contributed by atoms with Crippen molar-refractivity contribution in [1.29, 1.82) is 0 Å². The van der Waals surface area contributed by atoms with Gasteiger partial charge in [0.05, 0.1) is 18.4 Å². The molecule has 0 aliphatic carbocycles. The van der Waals surface area contributed by atoms with Crippen LogP contribution in [0.3, 0.4) is 0 Å². The molecule has 0 spiro atoms. The number of amidine groups is 1. The summed E-state index contributed by atoms with van der Waals surface area (Å²) < 4.78 is 33.8. The third kappa shape index (κ3) is 6.61. The van der Waals surface area contributed by atoms with Crippen molar-refractivity contribution in [3.05, 3.63) is 95.4 Å². The van der Waals surface area contributed by atoms with Gasteiger partial charge in [-0.2, -0.15) is 5.10 Å². The van der Waals surface area contributed by atoms with E-state index in [0.717, 1.165) is 17.6 Å². The Morgan fingerprint density at radius 3 is 2.53 bits per heavy atom. The Balaban J connectivity index is 1.68. The number of aliphatic hydroxyl groups excluding tert-OH is 1. The summed E-state index contributed by atoms with van der Waals surface area (Å²) in [7, 11) is 0. The number of halogens is 2. The number of hydrogen-bond acceptors (Lipinski definition) is 4. The highest BCUT2D eigenvalue weighted by atomic mass is 19.1. The third-order valence-corrected chi connectivity index (χ3v) is 6.49. The number of allylic oxidation sites excluding steroid dienone is 3. The largest absolute Gasteiger partial charge is 0.490 e. The molecule has 0 saturated heterocycles. The van der Waals surface area contributed by atoms with Crippen molar-refractivity contribution >= 4 is 11.4 Å². The van der Waals surface area contributed by atoms with Crippen LogP contribution in [0.5, 0.6) is 5.75 Å². The highest BCUT2D eigenvalue weighted by Crippen LogP contribution is 2.31. The van der Waals surface area contributed by atoms with E-state index >= 15 is 0 Å². The van der Waals surface area contributed by atoms with E-state index in [4.69, 9.17) is 10.5 Å². The second-order valence-corrected chi connectivity index (χ2v) is 9.30. The number of hydrazone groups is 1. The fourth-order valence-electron chi connectivity index (χ4n) is 3.76. The van der Waals surface area contributed by atoms with E-state index in [2.05, 4.69) is 18.6 Å². The minimum atomic E-state index is -0.768. The van der Waals surface area contributed by atoms with E-state index in [1.807, 2.05) is 26.0 Å². The first-order chi connectivity index (χ1) is 17.1. The smallest absolute Gasteiger partial charge is 0.168 e. The molecular formula is C29H35F2N3O2. The molecule has 7 heteroatoms. The van der Waals surface area contributed by atoms with Crippen molar-refractivity contribution in [2.75, 3.05) is 6.61 Å². The zero-order chi connectivity index (χ0) is 26.4. The van der Waals surface area contributed by atoms with Gasteiger partial charge in [-0.05, 0) is 84.4 Å². The normalized spacial score (nSPS) is 16.5. The molecule has 3 unspecified atom stereocenters. The fourth-order valence-corrected chi connectivity index (χ4v) is 3.76. The van der Waals surface area contributed by atoms with Crippen molar-refractivity contribution in [2.45, 2.75) is 46.6 Å². The van der Waals surface area contributed by atoms with E-state index in [1.165, 1.54) is 12.1 Å². The van der Waals surface area contributed by atoms with Crippen molar-refractivity contribution in [2.24, 2.45) is 22.7 Å². The van der Waals surface area contributed by atoms with E-state index < -0.39 is 11.9 Å². The summed E-state index contributed by atoms with van der Waals surface area (Å²) >= 11 is 0. The van der Waals surface area contributed by atoms with Gasteiger partial charge in [0.15, 0.2) is 11.6 Å². The molecule has 0 radical (unpaired) electrons. The monoisotopic (exact) mass is 495 g/mol. The summed E-state index contributed by atoms with van der Waals surface area (Å²) in [5.41, 5.74) is 9.45. The predicted octanol–water partition coefficient (Wildman–Crippen LogP) is 6.46. The second kappa shape index (κ2) is 12.0. The van der Waals surface area contributed by atoms with E-state index in [1.54, 1.807) is 42.4 Å². The van der Waals surface area contributed by atoms with Gasteiger partial charge < -0.3 is 15.6 Å². The molecule has 2 aromatic rings. The lowest BCUT2D eigenvalue weighted by Crippen LogP contribution is -2.25. The fraction of sp³-hybridized carbons (Fsp3) is 0.345. The topological polar surface area (TPSA) is 71.1 Å². The van der Waals surface area contributed by atoms with Gasteiger partial charge in [-0.1, -0.05) is 39.5 Å². The lowest BCUT2D eigenvalue weighted by atomic mass is 9.95. The Hall–Kier alpha value is -3.45. The van der Waals surface area contributed by atoms with E-state index in [9.17, 15) is 13.9 Å². The average Bonchev–Trinajstić information content (AvgIpc) is 2.86. The Morgan fingerprint density at radius 1 is 1.19 bits per heavy atom. The van der Waals surface area contributed by atoms with Crippen LogP contribution < -0.4 is 10.5 Å². The van der Waals surface area contributed by atoms with Crippen molar-refractivity contribution < 1.29 is 18.6 Å². The molecule has 0 amide bonds. The second-order valence-electron chi connectivity index (χ2n) is 9.30. The summed E-state index contributed by atoms with van der Waals surface area (Å²) in [4.78, 5) is 0. The highest BCUT2D eigenvalue weighted by Gasteiger charge is 2.19. The maximum atomic E-state index is 14.8. The van der Waals surface area contributed by atoms with Gasteiger partial charge in [0.1, 0.15) is 11.7 Å². The van der Waals surface area contributed by atoms with Crippen LogP contribution in [0.4, 0.5) is 8.78 Å². The van der Waals surface area contributed by atoms with Crippen LogP contribution in [0.25, 0.3) is 5.57 Å². The number of nitrogens with two attached hydrogens (primary N) is 1. The quantitative estimate of drug-likeness (QED) is 0.293. The molecule has 1 aliphatic rings. The van der Waals surface area contributed by atoms with E-state index in [-0.39, 0.29) is 30.0 Å². The van der Waals surface area contributed by atoms with Crippen LogP contribution in [0.1, 0.15) is 56.4 Å². The zero-order valence-corrected chi connectivity index (χ0v) is 21.3. The lowest BCUT2D eigenvalue weighted by molar-refractivity contribution is 0.101. The lowest BCUT2D eigenvalue weighted by Gasteiger charge is -2.22. The molecular weight excluding hydrogens is 460 g/mol. The molecule has 0 aromatic heterocycles. The van der Waals surface area contributed by atoms with Crippen LogP contribution in [-0.4, -0.2) is 22.6 Å². The van der Waals surface area contributed by atoms with Crippen molar-refractivity contribution in [1.82, 2.24) is 5.01 Å². The summed E-state index contributed by atoms with van der Waals surface area (Å²) in [6.45, 7) is 11.9. The van der Waals surface area contributed by atoms with Gasteiger partial charge in [0.2, 0.25) is 0 Å². The minimum Gasteiger partial charge on any atom is -0.490 e. The first kappa shape index (κ1) is 27.1. The Morgan fingerprint density at radius 2 is 1.89 bits per heavy atom.